The highest BCUT2D eigenvalue weighted by molar-refractivity contribution is 5.90. The number of anilines is 1. The molecule has 27 heavy (non-hydrogen) atoms. The molecular formula is C22H26N2O3. The Morgan fingerprint density at radius 3 is 2.44 bits per heavy atom. The zero-order chi connectivity index (χ0) is 18.8. The van der Waals surface area contributed by atoms with Crippen LogP contribution in [-0.4, -0.2) is 30.2 Å². The molecule has 1 N–H and O–H groups in total. The molecule has 4 rings (SSSR count). The second-order valence-corrected chi connectivity index (χ2v) is 7.54. The van der Waals surface area contributed by atoms with Gasteiger partial charge >= 0.3 is 6.03 Å². The summed E-state index contributed by atoms with van der Waals surface area (Å²) in [6, 6.07) is 14.4. The molecule has 142 valence electrons. The number of ether oxygens (including phenoxy) is 2. The maximum atomic E-state index is 12.9. The van der Waals surface area contributed by atoms with Crippen LogP contribution in [-0.2, 0) is 6.54 Å². The largest absolute Gasteiger partial charge is 0.486 e. The van der Waals surface area contributed by atoms with Crippen LogP contribution in [0.2, 0.25) is 0 Å². The van der Waals surface area contributed by atoms with Gasteiger partial charge < -0.3 is 19.7 Å². The molecule has 1 fully saturated rings. The molecule has 5 heteroatoms. The van der Waals surface area contributed by atoms with Crippen molar-refractivity contribution in [3.05, 3.63) is 53.6 Å². The van der Waals surface area contributed by atoms with Gasteiger partial charge in [-0.25, -0.2) is 4.79 Å². The van der Waals surface area contributed by atoms with Crippen LogP contribution < -0.4 is 14.8 Å². The topological polar surface area (TPSA) is 50.8 Å². The summed E-state index contributed by atoms with van der Waals surface area (Å²) in [5.74, 6) is 1.92. The number of benzene rings is 2. The minimum absolute atomic E-state index is 0.0675. The first kappa shape index (κ1) is 17.7. The smallest absolute Gasteiger partial charge is 0.322 e. The molecule has 0 radical (unpaired) electrons. The third kappa shape index (κ3) is 4.18. The fourth-order valence-electron chi connectivity index (χ4n) is 3.27. The van der Waals surface area contributed by atoms with E-state index < -0.39 is 0 Å². The lowest BCUT2D eigenvalue weighted by Crippen LogP contribution is -2.36. The van der Waals surface area contributed by atoms with Crippen molar-refractivity contribution in [2.45, 2.75) is 45.2 Å². The molecule has 0 bridgehead atoms. The number of carbonyl (C=O) groups is 1. The van der Waals surface area contributed by atoms with Gasteiger partial charge in [-0.3, -0.25) is 0 Å². The van der Waals surface area contributed by atoms with E-state index in [4.69, 9.17) is 9.47 Å². The van der Waals surface area contributed by atoms with Crippen LogP contribution in [0.5, 0.6) is 11.5 Å². The van der Waals surface area contributed by atoms with Crippen molar-refractivity contribution in [2.75, 3.05) is 18.5 Å². The summed E-state index contributed by atoms with van der Waals surface area (Å²) < 4.78 is 11.1. The Hall–Kier alpha value is -2.69. The summed E-state index contributed by atoms with van der Waals surface area (Å²) in [5.41, 5.74) is 3.20. The molecule has 1 aliphatic heterocycles. The molecule has 1 heterocycles. The molecule has 2 amide bonds. The lowest BCUT2D eigenvalue weighted by molar-refractivity contribution is 0.171. The normalized spacial score (nSPS) is 15.5. The average molecular weight is 366 g/mol. The van der Waals surface area contributed by atoms with Crippen LogP contribution in [0, 0.1) is 0 Å². The van der Waals surface area contributed by atoms with Gasteiger partial charge in [0.25, 0.3) is 0 Å². The molecule has 1 saturated carbocycles. The van der Waals surface area contributed by atoms with Crippen molar-refractivity contribution in [2.24, 2.45) is 0 Å². The number of nitrogens with one attached hydrogen (secondary N) is 1. The molecule has 0 spiro atoms. The summed E-state index contributed by atoms with van der Waals surface area (Å²) in [7, 11) is 0. The predicted octanol–water partition coefficient (Wildman–Crippen LogP) is 4.78. The number of rotatable bonds is 5. The van der Waals surface area contributed by atoms with Crippen molar-refractivity contribution in [1.29, 1.82) is 0 Å². The van der Waals surface area contributed by atoms with Gasteiger partial charge in [0.2, 0.25) is 0 Å². The van der Waals surface area contributed by atoms with E-state index >= 15 is 0 Å². The van der Waals surface area contributed by atoms with E-state index in [-0.39, 0.29) is 6.03 Å². The number of fused-ring (bicyclic) bond motifs is 1. The standard InChI is InChI=1S/C22H26N2O3/c1-15(2)17-5-3-16(4-6-17)14-24(19-8-9-19)22(25)23-18-7-10-20-21(13-18)27-12-11-26-20/h3-7,10,13,15,19H,8-9,11-12,14H2,1-2H3,(H,23,25). The zero-order valence-electron chi connectivity index (χ0n) is 15.9. The number of hydrogen-bond acceptors (Lipinski definition) is 3. The van der Waals surface area contributed by atoms with E-state index in [9.17, 15) is 4.79 Å². The Morgan fingerprint density at radius 1 is 1.07 bits per heavy atom. The molecule has 2 aromatic rings. The van der Waals surface area contributed by atoms with Gasteiger partial charge in [-0.2, -0.15) is 0 Å². The molecular weight excluding hydrogens is 340 g/mol. The molecule has 0 saturated heterocycles. The number of carbonyl (C=O) groups excluding carboxylic acids is 1. The summed E-state index contributed by atoms with van der Waals surface area (Å²) in [4.78, 5) is 14.8. The minimum Gasteiger partial charge on any atom is -0.486 e. The second-order valence-electron chi connectivity index (χ2n) is 7.54. The van der Waals surface area contributed by atoms with Crippen LogP contribution in [0.15, 0.2) is 42.5 Å². The van der Waals surface area contributed by atoms with Crippen LogP contribution in [0.4, 0.5) is 10.5 Å². The van der Waals surface area contributed by atoms with Crippen molar-refractivity contribution in [1.82, 2.24) is 4.90 Å². The van der Waals surface area contributed by atoms with Crippen molar-refractivity contribution in [3.63, 3.8) is 0 Å². The monoisotopic (exact) mass is 366 g/mol. The van der Waals surface area contributed by atoms with Gasteiger partial charge in [-0.05, 0) is 42.0 Å². The van der Waals surface area contributed by atoms with E-state index in [1.165, 1.54) is 5.56 Å². The van der Waals surface area contributed by atoms with E-state index in [2.05, 4.69) is 43.4 Å². The third-order valence-corrected chi connectivity index (χ3v) is 5.04. The predicted molar refractivity (Wildman–Crippen MR) is 106 cm³/mol. The fourth-order valence-corrected chi connectivity index (χ4v) is 3.27. The first-order chi connectivity index (χ1) is 13.1. The first-order valence-corrected chi connectivity index (χ1v) is 9.66. The molecule has 1 aliphatic carbocycles. The van der Waals surface area contributed by atoms with Gasteiger partial charge in [0.05, 0.1) is 0 Å². The maximum absolute atomic E-state index is 12.9. The van der Waals surface area contributed by atoms with Crippen molar-refractivity contribution in [3.8, 4) is 11.5 Å². The summed E-state index contributed by atoms with van der Waals surface area (Å²) in [6.07, 6.45) is 2.14. The zero-order valence-corrected chi connectivity index (χ0v) is 15.9. The number of hydrogen-bond donors (Lipinski definition) is 1. The van der Waals surface area contributed by atoms with Crippen LogP contribution in [0.3, 0.4) is 0 Å². The highest BCUT2D eigenvalue weighted by atomic mass is 16.6. The Kier molecular flexibility index (Phi) is 4.92. The van der Waals surface area contributed by atoms with Crippen molar-refractivity contribution < 1.29 is 14.3 Å². The molecule has 2 aromatic carbocycles. The minimum atomic E-state index is -0.0675. The SMILES string of the molecule is CC(C)c1ccc(CN(C(=O)Nc2ccc3c(c2)OCCO3)C2CC2)cc1. The Morgan fingerprint density at radius 2 is 1.78 bits per heavy atom. The van der Waals surface area contributed by atoms with Crippen LogP contribution in [0.1, 0.15) is 43.7 Å². The van der Waals surface area contributed by atoms with E-state index in [1.807, 2.05) is 23.1 Å². The quantitative estimate of drug-likeness (QED) is 0.829. The summed E-state index contributed by atoms with van der Waals surface area (Å²) in [5, 5.41) is 3.01. The van der Waals surface area contributed by atoms with Gasteiger partial charge in [-0.15, -0.1) is 0 Å². The fraction of sp³-hybridized carbons (Fsp3) is 0.409. The second kappa shape index (κ2) is 7.51. The summed E-state index contributed by atoms with van der Waals surface area (Å²) in [6.45, 7) is 6.09. The third-order valence-electron chi connectivity index (χ3n) is 5.04. The lowest BCUT2D eigenvalue weighted by atomic mass is 10.0. The number of nitrogens with zero attached hydrogens (tertiary/aromatic N) is 1. The van der Waals surface area contributed by atoms with Gasteiger partial charge in [-0.1, -0.05) is 38.1 Å². The Balaban J connectivity index is 1.45. The molecule has 0 aromatic heterocycles. The van der Waals surface area contributed by atoms with E-state index in [0.717, 1.165) is 29.8 Å². The number of amides is 2. The lowest BCUT2D eigenvalue weighted by Gasteiger charge is -2.24. The average Bonchev–Trinajstić information content (AvgIpc) is 3.51. The number of urea groups is 1. The first-order valence-electron chi connectivity index (χ1n) is 9.66. The van der Waals surface area contributed by atoms with Crippen LogP contribution >= 0.6 is 0 Å². The van der Waals surface area contributed by atoms with Crippen molar-refractivity contribution >= 4 is 11.7 Å². The highest BCUT2D eigenvalue weighted by Crippen LogP contribution is 2.34. The van der Waals surface area contributed by atoms with Gasteiger partial charge in [0.15, 0.2) is 11.5 Å². The van der Waals surface area contributed by atoms with Gasteiger partial charge in [0, 0.05) is 24.3 Å². The Bertz CT molecular complexity index is 813. The molecule has 2 aliphatic rings. The van der Waals surface area contributed by atoms with Gasteiger partial charge in [0.1, 0.15) is 13.2 Å². The molecule has 5 nitrogen and oxygen atoms in total. The van der Waals surface area contributed by atoms with Crippen LogP contribution in [0.25, 0.3) is 0 Å². The Labute approximate surface area is 160 Å². The van der Waals surface area contributed by atoms with E-state index in [1.54, 1.807) is 0 Å². The van der Waals surface area contributed by atoms with E-state index in [0.29, 0.717) is 37.5 Å². The molecule has 0 atom stereocenters. The maximum Gasteiger partial charge on any atom is 0.322 e. The summed E-state index contributed by atoms with van der Waals surface area (Å²) >= 11 is 0. The molecule has 0 unspecified atom stereocenters. The highest BCUT2D eigenvalue weighted by Gasteiger charge is 2.32.